The van der Waals surface area contributed by atoms with E-state index >= 15 is 0 Å². The van der Waals surface area contributed by atoms with E-state index in [9.17, 15) is 4.79 Å². The standard InChI is InChI=1S/C12H14O3/c1-3-15-12(13)11(14-2)9-10-7-5-4-6-8-10/h4-9H,3H2,1-2H3. The molecule has 0 saturated heterocycles. The quantitative estimate of drug-likeness (QED) is 0.430. The minimum absolute atomic E-state index is 0.211. The fraction of sp³-hybridized carbons (Fsp3) is 0.250. The van der Waals surface area contributed by atoms with Gasteiger partial charge in [0.15, 0.2) is 0 Å². The van der Waals surface area contributed by atoms with Crippen molar-refractivity contribution >= 4 is 12.0 Å². The Morgan fingerprint density at radius 1 is 1.33 bits per heavy atom. The molecule has 0 aliphatic heterocycles. The number of ether oxygens (including phenoxy) is 2. The number of hydrogen-bond donors (Lipinski definition) is 0. The van der Waals surface area contributed by atoms with Gasteiger partial charge >= 0.3 is 5.97 Å². The highest BCUT2D eigenvalue weighted by Crippen LogP contribution is 2.08. The smallest absolute Gasteiger partial charge is 0.373 e. The zero-order chi connectivity index (χ0) is 11.1. The third-order valence-corrected chi connectivity index (χ3v) is 1.79. The summed E-state index contributed by atoms with van der Waals surface area (Å²) in [5.41, 5.74) is 0.905. The van der Waals surface area contributed by atoms with E-state index in [1.165, 1.54) is 7.11 Å². The normalized spacial score (nSPS) is 10.9. The molecule has 0 amide bonds. The van der Waals surface area contributed by atoms with Crippen molar-refractivity contribution < 1.29 is 14.3 Å². The molecule has 3 heteroatoms. The summed E-state index contributed by atoms with van der Waals surface area (Å²) in [4.78, 5) is 11.4. The van der Waals surface area contributed by atoms with Crippen LogP contribution in [-0.2, 0) is 14.3 Å². The Hall–Kier alpha value is -1.77. The van der Waals surface area contributed by atoms with Gasteiger partial charge in [-0.3, -0.25) is 0 Å². The van der Waals surface area contributed by atoms with Crippen LogP contribution in [0.25, 0.3) is 6.08 Å². The topological polar surface area (TPSA) is 35.5 Å². The monoisotopic (exact) mass is 206 g/mol. The third-order valence-electron chi connectivity index (χ3n) is 1.79. The molecule has 0 saturated carbocycles. The summed E-state index contributed by atoms with van der Waals surface area (Å²) >= 11 is 0. The second-order valence-electron chi connectivity index (χ2n) is 2.84. The zero-order valence-corrected chi connectivity index (χ0v) is 8.90. The lowest BCUT2D eigenvalue weighted by molar-refractivity contribution is -0.141. The van der Waals surface area contributed by atoms with Gasteiger partial charge in [0.2, 0.25) is 5.76 Å². The number of carbonyl (C=O) groups excluding carboxylic acids is 1. The molecular weight excluding hydrogens is 192 g/mol. The first-order chi connectivity index (χ1) is 7.27. The third kappa shape index (κ3) is 3.46. The SMILES string of the molecule is CCOC(=O)C(=Cc1ccccc1)OC. The molecule has 0 aliphatic carbocycles. The van der Waals surface area contributed by atoms with Crippen molar-refractivity contribution in [2.45, 2.75) is 6.92 Å². The van der Waals surface area contributed by atoms with Gasteiger partial charge in [0.05, 0.1) is 13.7 Å². The Bertz CT molecular complexity index is 341. The number of esters is 1. The van der Waals surface area contributed by atoms with Crippen LogP contribution in [0.1, 0.15) is 12.5 Å². The highest BCUT2D eigenvalue weighted by atomic mass is 16.6. The highest BCUT2D eigenvalue weighted by molar-refractivity contribution is 5.91. The van der Waals surface area contributed by atoms with Crippen LogP contribution < -0.4 is 0 Å². The Morgan fingerprint density at radius 3 is 2.53 bits per heavy atom. The van der Waals surface area contributed by atoms with Crippen LogP contribution in [0.2, 0.25) is 0 Å². The van der Waals surface area contributed by atoms with E-state index < -0.39 is 5.97 Å². The molecule has 0 fully saturated rings. The van der Waals surface area contributed by atoms with Crippen molar-refractivity contribution in [2.24, 2.45) is 0 Å². The van der Waals surface area contributed by atoms with E-state index in [0.717, 1.165) is 5.56 Å². The van der Waals surface area contributed by atoms with Crippen LogP contribution in [0, 0.1) is 0 Å². The van der Waals surface area contributed by atoms with Gasteiger partial charge in [-0.2, -0.15) is 0 Å². The van der Waals surface area contributed by atoms with E-state index in [0.29, 0.717) is 6.61 Å². The molecule has 80 valence electrons. The van der Waals surface area contributed by atoms with Gasteiger partial charge in [0, 0.05) is 0 Å². The van der Waals surface area contributed by atoms with Crippen LogP contribution in [0.5, 0.6) is 0 Å². The van der Waals surface area contributed by atoms with Gasteiger partial charge in [-0.1, -0.05) is 30.3 Å². The molecule has 0 aliphatic rings. The zero-order valence-electron chi connectivity index (χ0n) is 8.90. The van der Waals surface area contributed by atoms with Crippen molar-refractivity contribution in [3.63, 3.8) is 0 Å². The number of hydrogen-bond acceptors (Lipinski definition) is 3. The maximum absolute atomic E-state index is 11.4. The van der Waals surface area contributed by atoms with Crippen molar-refractivity contribution in [1.29, 1.82) is 0 Å². The van der Waals surface area contributed by atoms with Crippen LogP contribution in [0.4, 0.5) is 0 Å². The molecule has 0 aromatic heterocycles. The fourth-order valence-electron chi connectivity index (χ4n) is 1.10. The van der Waals surface area contributed by atoms with Gasteiger partial charge in [-0.05, 0) is 18.6 Å². The van der Waals surface area contributed by atoms with Gasteiger partial charge in [-0.25, -0.2) is 4.79 Å². The summed E-state index contributed by atoms with van der Waals surface area (Å²) in [6.07, 6.45) is 1.65. The van der Waals surface area contributed by atoms with Gasteiger partial charge in [0.1, 0.15) is 0 Å². The lowest BCUT2D eigenvalue weighted by Gasteiger charge is -2.04. The summed E-state index contributed by atoms with van der Waals surface area (Å²) in [5, 5.41) is 0. The molecule has 0 radical (unpaired) electrons. The number of rotatable bonds is 4. The van der Waals surface area contributed by atoms with Crippen LogP contribution >= 0.6 is 0 Å². The molecule has 0 spiro atoms. The molecule has 0 unspecified atom stereocenters. The van der Waals surface area contributed by atoms with Crippen molar-refractivity contribution in [1.82, 2.24) is 0 Å². The minimum Gasteiger partial charge on any atom is -0.490 e. The second kappa shape index (κ2) is 5.86. The van der Waals surface area contributed by atoms with Crippen molar-refractivity contribution in [3.8, 4) is 0 Å². The summed E-state index contributed by atoms with van der Waals surface area (Å²) in [6.45, 7) is 2.10. The molecule has 15 heavy (non-hydrogen) atoms. The molecule has 0 N–H and O–H groups in total. The summed E-state index contributed by atoms with van der Waals surface area (Å²) in [5.74, 6) is -0.230. The number of methoxy groups -OCH3 is 1. The average Bonchev–Trinajstić information content (AvgIpc) is 2.27. The lowest BCUT2D eigenvalue weighted by atomic mass is 10.2. The maximum Gasteiger partial charge on any atom is 0.373 e. The van der Waals surface area contributed by atoms with Gasteiger partial charge < -0.3 is 9.47 Å². The maximum atomic E-state index is 11.4. The molecule has 0 atom stereocenters. The molecule has 0 bridgehead atoms. The van der Waals surface area contributed by atoms with Crippen molar-refractivity contribution in [2.75, 3.05) is 13.7 Å². The van der Waals surface area contributed by atoms with Crippen LogP contribution in [-0.4, -0.2) is 19.7 Å². The van der Waals surface area contributed by atoms with E-state index in [1.54, 1.807) is 13.0 Å². The van der Waals surface area contributed by atoms with E-state index in [2.05, 4.69) is 0 Å². The van der Waals surface area contributed by atoms with E-state index in [4.69, 9.17) is 9.47 Å². The summed E-state index contributed by atoms with van der Waals surface area (Å²) in [6, 6.07) is 9.47. The predicted octanol–water partition coefficient (Wildman–Crippen LogP) is 2.24. The first-order valence-electron chi connectivity index (χ1n) is 4.75. The Kier molecular flexibility index (Phi) is 4.41. The molecule has 3 nitrogen and oxygen atoms in total. The van der Waals surface area contributed by atoms with Crippen LogP contribution in [0.15, 0.2) is 36.1 Å². The number of carbonyl (C=O) groups is 1. The van der Waals surface area contributed by atoms with E-state index in [1.807, 2.05) is 30.3 Å². The lowest BCUT2D eigenvalue weighted by Crippen LogP contribution is -2.08. The largest absolute Gasteiger partial charge is 0.490 e. The van der Waals surface area contributed by atoms with Crippen molar-refractivity contribution in [3.05, 3.63) is 41.7 Å². The Morgan fingerprint density at radius 2 is 2.00 bits per heavy atom. The van der Waals surface area contributed by atoms with Crippen LogP contribution in [0.3, 0.4) is 0 Å². The summed E-state index contributed by atoms with van der Waals surface area (Å²) < 4.78 is 9.79. The molecule has 0 heterocycles. The van der Waals surface area contributed by atoms with E-state index in [-0.39, 0.29) is 5.76 Å². The highest BCUT2D eigenvalue weighted by Gasteiger charge is 2.09. The first kappa shape index (κ1) is 11.3. The molecule has 1 aromatic rings. The fourth-order valence-corrected chi connectivity index (χ4v) is 1.10. The second-order valence-corrected chi connectivity index (χ2v) is 2.84. The average molecular weight is 206 g/mol. The molecule has 1 aromatic carbocycles. The number of benzene rings is 1. The minimum atomic E-state index is -0.441. The molecular formula is C12H14O3. The predicted molar refractivity (Wildman–Crippen MR) is 58.1 cm³/mol. The summed E-state index contributed by atoms with van der Waals surface area (Å²) in [7, 11) is 1.45. The van der Waals surface area contributed by atoms with Gasteiger partial charge in [-0.15, -0.1) is 0 Å². The Labute approximate surface area is 89.3 Å². The first-order valence-corrected chi connectivity index (χ1v) is 4.75. The van der Waals surface area contributed by atoms with Gasteiger partial charge in [0.25, 0.3) is 0 Å². The Balaban J connectivity index is 2.83. The molecule has 1 rings (SSSR count).